The molecule has 19 heavy (non-hydrogen) atoms. The molecule has 0 saturated heterocycles. The van der Waals surface area contributed by atoms with Gasteiger partial charge >= 0.3 is 0 Å². The fourth-order valence-corrected chi connectivity index (χ4v) is 2.58. The smallest absolute Gasteiger partial charge is 0.131 e. The normalized spacial score (nSPS) is 12.4. The highest BCUT2D eigenvalue weighted by molar-refractivity contribution is 7.09. The van der Waals surface area contributed by atoms with Gasteiger partial charge in [0.15, 0.2) is 0 Å². The van der Waals surface area contributed by atoms with Crippen molar-refractivity contribution in [3.63, 3.8) is 0 Å². The summed E-state index contributed by atoms with van der Waals surface area (Å²) in [5, 5.41) is 3.22. The summed E-state index contributed by atoms with van der Waals surface area (Å²) in [6.07, 6.45) is 0.979. The van der Waals surface area contributed by atoms with E-state index in [4.69, 9.17) is 10.5 Å². The van der Waals surface area contributed by atoms with Crippen molar-refractivity contribution >= 4 is 11.3 Å². The Kier molecular flexibility index (Phi) is 4.56. The number of nitrogens with two attached hydrogens (primary N) is 1. The SMILES string of the molecule is CCc1nc(COc2ccc([C@@H](C)N)cc2C)cs1. The average molecular weight is 276 g/mol. The third kappa shape index (κ3) is 3.55. The predicted octanol–water partition coefficient (Wildman–Crippen LogP) is 3.61. The number of nitrogens with zero attached hydrogens (tertiary/aromatic N) is 1. The van der Waals surface area contributed by atoms with E-state index in [1.807, 2.05) is 26.0 Å². The van der Waals surface area contributed by atoms with Gasteiger partial charge in [-0.15, -0.1) is 11.3 Å². The maximum absolute atomic E-state index is 5.87. The van der Waals surface area contributed by atoms with E-state index < -0.39 is 0 Å². The number of aryl methyl sites for hydroxylation is 2. The van der Waals surface area contributed by atoms with Crippen LogP contribution in [0.4, 0.5) is 0 Å². The highest BCUT2D eigenvalue weighted by atomic mass is 32.1. The quantitative estimate of drug-likeness (QED) is 0.907. The number of ether oxygens (including phenoxy) is 1. The zero-order valence-electron chi connectivity index (χ0n) is 11.6. The average Bonchev–Trinajstić information content (AvgIpc) is 2.85. The van der Waals surface area contributed by atoms with Gasteiger partial charge < -0.3 is 10.5 Å². The molecule has 0 aliphatic rings. The van der Waals surface area contributed by atoms with Crippen molar-refractivity contribution in [3.05, 3.63) is 45.4 Å². The number of benzene rings is 1. The Balaban J connectivity index is 2.03. The lowest BCUT2D eigenvalue weighted by atomic mass is 10.1. The Labute approximate surface area is 118 Å². The standard InChI is InChI=1S/C15H20N2OS/c1-4-15-17-13(9-19-15)8-18-14-6-5-12(11(3)16)7-10(14)2/h5-7,9,11H,4,8,16H2,1-3H3/t11-/m1/s1. The first-order valence-corrected chi connectivity index (χ1v) is 7.40. The van der Waals surface area contributed by atoms with Gasteiger partial charge in [-0.25, -0.2) is 4.98 Å². The molecule has 0 bridgehead atoms. The van der Waals surface area contributed by atoms with Crippen molar-refractivity contribution in [3.8, 4) is 5.75 Å². The first-order valence-electron chi connectivity index (χ1n) is 6.52. The molecule has 0 aliphatic carbocycles. The molecular weight excluding hydrogens is 256 g/mol. The van der Waals surface area contributed by atoms with Crippen LogP contribution >= 0.6 is 11.3 Å². The summed E-state index contributed by atoms with van der Waals surface area (Å²) in [5.74, 6) is 0.899. The van der Waals surface area contributed by atoms with E-state index in [0.29, 0.717) is 6.61 Å². The van der Waals surface area contributed by atoms with Crippen molar-refractivity contribution in [2.24, 2.45) is 5.73 Å². The van der Waals surface area contributed by atoms with Crippen molar-refractivity contribution < 1.29 is 4.74 Å². The van der Waals surface area contributed by atoms with Gasteiger partial charge in [-0.05, 0) is 37.5 Å². The summed E-state index contributed by atoms with van der Waals surface area (Å²) in [7, 11) is 0. The van der Waals surface area contributed by atoms with Gasteiger partial charge in [-0.3, -0.25) is 0 Å². The molecular formula is C15H20N2OS. The fraction of sp³-hybridized carbons (Fsp3) is 0.400. The van der Waals surface area contributed by atoms with E-state index in [0.717, 1.165) is 34.0 Å². The van der Waals surface area contributed by atoms with Crippen molar-refractivity contribution in [1.29, 1.82) is 0 Å². The highest BCUT2D eigenvalue weighted by Gasteiger charge is 2.06. The highest BCUT2D eigenvalue weighted by Crippen LogP contribution is 2.23. The lowest BCUT2D eigenvalue weighted by Crippen LogP contribution is -2.05. The number of rotatable bonds is 5. The summed E-state index contributed by atoms with van der Waals surface area (Å²) in [5.41, 5.74) is 9.11. The van der Waals surface area contributed by atoms with Gasteiger partial charge in [0, 0.05) is 11.4 Å². The minimum Gasteiger partial charge on any atom is -0.487 e. The molecule has 1 atom stereocenters. The zero-order chi connectivity index (χ0) is 13.8. The van der Waals surface area contributed by atoms with Gasteiger partial charge in [-0.1, -0.05) is 19.1 Å². The topological polar surface area (TPSA) is 48.1 Å². The minimum absolute atomic E-state index is 0.0541. The summed E-state index contributed by atoms with van der Waals surface area (Å²) in [6, 6.07) is 6.14. The number of hydrogen-bond acceptors (Lipinski definition) is 4. The first-order chi connectivity index (χ1) is 9.10. The van der Waals surface area contributed by atoms with E-state index in [2.05, 4.69) is 23.4 Å². The van der Waals surface area contributed by atoms with Gasteiger partial charge in [0.25, 0.3) is 0 Å². The van der Waals surface area contributed by atoms with Crippen LogP contribution in [0.2, 0.25) is 0 Å². The zero-order valence-corrected chi connectivity index (χ0v) is 12.5. The van der Waals surface area contributed by atoms with E-state index in [1.54, 1.807) is 11.3 Å². The molecule has 1 heterocycles. The molecule has 0 radical (unpaired) electrons. The largest absolute Gasteiger partial charge is 0.487 e. The van der Waals surface area contributed by atoms with Crippen LogP contribution in [0.1, 0.15) is 41.7 Å². The molecule has 0 unspecified atom stereocenters. The molecule has 102 valence electrons. The maximum Gasteiger partial charge on any atom is 0.131 e. The van der Waals surface area contributed by atoms with Gasteiger partial charge in [0.2, 0.25) is 0 Å². The molecule has 1 aromatic carbocycles. The molecule has 3 nitrogen and oxygen atoms in total. The summed E-state index contributed by atoms with van der Waals surface area (Å²) in [6.45, 7) is 6.66. The van der Waals surface area contributed by atoms with Crippen LogP contribution in [0.15, 0.2) is 23.6 Å². The molecule has 2 aromatic rings. The van der Waals surface area contributed by atoms with E-state index in [1.165, 1.54) is 0 Å². The van der Waals surface area contributed by atoms with Crippen LogP contribution < -0.4 is 10.5 Å². The Morgan fingerprint density at radius 1 is 1.42 bits per heavy atom. The Bertz CT molecular complexity index is 549. The van der Waals surface area contributed by atoms with Crippen LogP contribution in [-0.4, -0.2) is 4.98 Å². The Hall–Kier alpha value is -1.39. The Morgan fingerprint density at radius 2 is 2.21 bits per heavy atom. The van der Waals surface area contributed by atoms with Gasteiger partial charge in [0.05, 0.1) is 10.7 Å². The lowest BCUT2D eigenvalue weighted by molar-refractivity contribution is 0.299. The van der Waals surface area contributed by atoms with Crippen molar-refractivity contribution in [2.45, 2.75) is 39.8 Å². The summed E-state index contributed by atoms with van der Waals surface area (Å²) in [4.78, 5) is 4.49. The molecule has 1 aromatic heterocycles. The van der Waals surface area contributed by atoms with Crippen LogP contribution in [0, 0.1) is 6.92 Å². The molecule has 4 heteroatoms. The third-order valence-electron chi connectivity index (χ3n) is 3.00. The second kappa shape index (κ2) is 6.17. The number of hydrogen-bond donors (Lipinski definition) is 1. The van der Waals surface area contributed by atoms with Gasteiger partial charge in [-0.2, -0.15) is 0 Å². The summed E-state index contributed by atoms with van der Waals surface area (Å²) < 4.78 is 5.82. The van der Waals surface area contributed by atoms with Gasteiger partial charge in [0.1, 0.15) is 12.4 Å². The molecule has 0 saturated carbocycles. The number of thiazole rings is 1. The third-order valence-corrected chi connectivity index (χ3v) is 4.04. The van der Waals surface area contributed by atoms with Crippen LogP contribution in [0.5, 0.6) is 5.75 Å². The van der Waals surface area contributed by atoms with E-state index in [9.17, 15) is 0 Å². The fourth-order valence-electron chi connectivity index (χ4n) is 1.85. The minimum atomic E-state index is 0.0541. The number of aromatic nitrogens is 1. The molecule has 2 rings (SSSR count). The van der Waals surface area contributed by atoms with Crippen LogP contribution in [0.3, 0.4) is 0 Å². The van der Waals surface area contributed by atoms with Crippen LogP contribution in [-0.2, 0) is 13.0 Å². The van der Waals surface area contributed by atoms with Crippen molar-refractivity contribution in [1.82, 2.24) is 4.98 Å². The Morgan fingerprint density at radius 3 is 2.79 bits per heavy atom. The second-order valence-electron chi connectivity index (χ2n) is 4.69. The molecule has 0 amide bonds. The van der Waals surface area contributed by atoms with E-state index >= 15 is 0 Å². The maximum atomic E-state index is 5.87. The lowest BCUT2D eigenvalue weighted by Gasteiger charge is -2.11. The molecule has 2 N–H and O–H groups in total. The van der Waals surface area contributed by atoms with Crippen LogP contribution in [0.25, 0.3) is 0 Å². The molecule has 0 fully saturated rings. The van der Waals surface area contributed by atoms with E-state index in [-0.39, 0.29) is 6.04 Å². The first kappa shape index (κ1) is 14.0. The molecule has 0 aliphatic heterocycles. The second-order valence-corrected chi connectivity index (χ2v) is 5.63. The monoisotopic (exact) mass is 276 g/mol. The summed E-state index contributed by atoms with van der Waals surface area (Å²) >= 11 is 1.69. The van der Waals surface area contributed by atoms with Crippen molar-refractivity contribution in [2.75, 3.05) is 0 Å². The molecule has 0 spiro atoms. The predicted molar refractivity (Wildman–Crippen MR) is 79.6 cm³/mol.